The summed E-state index contributed by atoms with van der Waals surface area (Å²) >= 11 is 0. The number of benzene rings is 2. The van der Waals surface area contributed by atoms with E-state index in [0.29, 0.717) is 29.3 Å². The van der Waals surface area contributed by atoms with Crippen molar-refractivity contribution < 1.29 is 35.1 Å². The van der Waals surface area contributed by atoms with Gasteiger partial charge in [0.1, 0.15) is 17.1 Å². The first-order valence-corrected chi connectivity index (χ1v) is 20.4. The topological polar surface area (TPSA) is 103 Å². The normalized spacial score (nSPS) is 17.2. The molecule has 201 valence electrons. The number of hydrogen-bond donors (Lipinski definition) is 0. The van der Waals surface area contributed by atoms with Crippen LogP contribution >= 0.6 is 0 Å². The first-order valence-electron chi connectivity index (χ1n) is 12.4. The molecule has 3 aromatic rings. The Hall–Kier alpha value is -2.37. The summed E-state index contributed by atoms with van der Waals surface area (Å²) in [6.07, 6.45) is 2.88. The van der Waals surface area contributed by atoms with Crippen molar-refractivity contribution in [2.75, 3.05) is 6.61 Å². The van der Waals surface area contributed by atoms with Gasteiger partial charge >= 0.3 is 48.0 Å². The van der Waals surface area contributed by atoms with Crippen LogP contribution in [0.5, 0.6) is 11.5 Å². The maximum absolute atomic E-state index is 12.5. The quantitative estimate of drug-likeness (QED) is 0.112. The first kappa shape index (κ1) is 28.6. The van der Waals surface area contributed by atoms with Crippen molar-refractivity contribution in [2.24, 2.45) is 0 Å². The minimum atomic E-state index is -2.31. The predicted octanol–water partition coefficient (Wildman–Crippen LogP) is 5.07. The Balaban J connectivity index is 1.19. The highest BCUT2D eigenvalue weighted by Crippen LogP contribution is 2.24. The van der Waals surface area contributed by atoms with E-state index in [1.165, 1.54) is 12.1 Å². The van der Waals surface area contributed by atoms with Crippen molar-refractivity contribution in [3.63, 3.8) is 0 Å². The molecular weight excluding hydrogens is 557 g/mol. The average Bonchev–Trinajstić information content (AvgIpc) is 2.85. The summed E-state index contributed by atoms with van der Waals surface area (Å²) in [5, 5.41) is 0.746. The van der Waals surface area contributed by atoms with E-state index >= 15 is 0 Å². The van der Waals surface area contributed by atoms with Crippen molar-refractivity contribution in [1.29, 1.82) is 0 Å². The lowest BCUT2D eigenvalue weighted by molar-refractivity contribution is 0.0735. The molecule has 0 atom stereocenters. The van der Waals surface area contributed by atoms with Crippen LogP contribution in [-0.4, -0.2) is 49.0 Å². The fourth-order valence-electron chi connectivity index (χ4n) is 4.07. The molecule has 1 aromatic heterocycles. The van der Waals surface area contributed by atoms with Crippen LogP contribution in [-0.2, 0) is 16.5 Å². The zero-order valence-electron chi connectivity index (χ0n) is 21.9. The zero-order valence-corrected chi connectivity index (χ0v) is 25.9. The number of ether oxygens (including phenoxy) is 2. The van der Waals surface area contributed by atoms with Gasteiger partial charge in [-0.05, 0) is 81.1 Å². The van der Waals surface area contributed by atoms with Crippen molar-refractivity contribution in [1.82, 2.24) is 0 Å². The summed E-state index contributed by atoms with van der Waals surface area (Å²) in [7, 11) is -6.29. The smallest absolute Gasteiger partial charge is 0.362 e. The molecule has 2 heterocycles. The number of fused-ring (bicyclic) bond motifs is 1. The maximum Gasteiger partial charge on any atom is 0.362 e. The van der Waals surface area contributed by atoms with Gasteiger partial charge in [-0.3, -0.25) is 0 Å². The van der Waals surface area contributed by atoms with Crippen molar-refractivity contribution in [3.05, 3.63) is 70.6 Å². The second-order valence-corrected chi connectivity index (χ2v) is 18.0. The van der Waals surface area contributed by atoms with Gasteiger partial charge in [-0.1, -0.05) is 12.8 Å². The van der Waals surface area contributed by atoms with Gasteiger partial charge in [0, 0.05) is 17.5 Å². The third-order valence-electron chi connectivity index (χ3n) is 5.73. The number of unbranched alkanes of at least 4 members (excludes halogenated alkanes) is 2. The monoisotopic (exact) mass is 587 g/mol. The Bertz CT molecular complexity index is 1270. The number of rotatable bonds is 9. The highest BCUT2D eigenvalue weighted by atomic mass is 28.5. The minimum Gasteiger partial charge on any atom is -0.494 e. The summed E-state index contributed by atoms with van der Waals surface area (Å²) in [6.45, 7) is 8.68. The van der Waals surface area contributed by atoms with E-state index < -0.39 is 48.0 Å². The molecule has 0 aliphatic carbocycles. The molecule has 1 aliphatic rings. The SMILES string of the molecule is C[Si]1O[Si](C)O[Si](C)(CCCCCOc2ccc(C(=O)Oc3ccc4ccc(=O)oc4c3)cc2)O[Si](C)O1. The fourth-order valence-corrected chi connectivity index (χ4v) is 16.0. The van der Waals surface area contributed by atoms with E-state index in [1.807, 2.05) is 19.6 Å². The minimum absolute atomic E-state index is 0.299. The lowest BCUT2D eigenvalue weighted by atomic mass is 10.2. The van der Waals surface area contributed by atoms with Crippen molar-refractivity contribution in [3.8, 4) is 11.5 Å². The molecule has 38 heavy (non-hydrogen) atoms. The predicted molar refractivity (Wildman–Crippen MR) is 149 cm³/mol. The Kier molecular flexibility index (Phi) is 9.89. The van der Waals surface area contributed by atoms with E-state index in [-0.39, 0.29) is 0 Å². The second kappa shape index (κ2) is 13.1. The maximum atomic E-state index is 12.5. The molecule has 0 saturated carbocycles. The third-order valence-corrected chi connectivity index (χ3v) is 17.3. The van der Waals surface area contributed by atoms with Crippen LogP contribution in [0.15, 0.2) is 63.8 Å². The molecule has 9 nitrogen and oxygen atoms in total. The van der Waals surface area contributed by atoms with Gasteiger partial charge < -0.3 is 30.4 Å². The lowest BCUT2D eigenvalue weighted by Crippen LogP contribution is -2.52. The van der Waals surface area contributed by atoms with Crippen LogP contribution in [0.2, 0.25) is 32.2 Å². The van der Waals surface area contributed by atoms with Gasteiger partial charge in [0.2, 0.25) is 0 Å². The number of hydrogen-bond acceptors (Lipinski definition) is 9. The van der Waals surface area contributed by atoms with Gasteiger partial charge in [-0.2, -0.15) is 0 Å². The van der Waals surface area contributed by atoms with Crippen molar-refractivity contribution >= 4 is 53.4 Å². The zero-order chi connectivity index (χ0) is 27.1. The molecule has 0 bridgehead atoms. The van der Waals surface area contributed by atoms with Crippen molar-refractivity contribution in [2.45, 2.75) is 51.5 Å². The summed E-state index contributed by atoms with van der Waals surface area (Å²) < 4.78 is 40.8. The molecule has 13 heteroatoms. The number of carbonyl (C=O) groups excluding carboxylic acids is 1. The van der Waals surface area contributed by atoms with E-state index in [0.717, 1.165) is 30.7 Å². The van der Waals surface area contributed by atoms with Crippen LogP contribution in [0, 0.1) is 0 Å². The molecule has 1 fully saturated rings. The lowest BCUT2D eigenvalue weighted by Gasteiger charge is -2.35. The van der Waals surface area contributed by atoms with Crippen LogP contribution in [0.3, 0.4) is 0 Å². The molecule has 2 aromatic carbocycles. The van der Waals surface area contributed by atoms with Gasteiger partial charge in [-0.25, -0.2) is 9.59 Å². The number of esters is 1. The average molecular weight is 588 g/mol. The summed E-state index contributed by atoms with van der Waals surface area (Å²) in [5.74, 6) is 0.475. The Morgan fingerprint density at radius 2 is 1.50 bits per heavy atom. The molecule has 1 saturated heterocycles. The second-order valence-electron chi connectivity index (χ2n) is 9.04. The van der Waals surface area contributed by atoms with E-state index in [4.69, 9.17) is 30.4 Å². The van der Waals surface area contributed by atoms with E-state index in [9.17, 15) is 9.59 Å². The molecular formula is C25H31O9Si4. The van der Waals surface area contributed by atoms with Crippen LogP contribution < -0.4 is 15.1 Å². The molecule has 4 rings (SSSR count). The Morgan fingerprint density at radius 3 is 2.21 bits per heavy atom. The number of carbonyl (C=O) groups is 1. The summed E-state index contributed by atoms with van der Waals surface area (Å²) in [6, 6.07) is 15.6. The van der Waals surface area contributed by atoms with Gasteiger partial charge in [0.25, 0.3) is 0 Å². The molecule has 0 amide bonds. The van der Waals surface area contributed by atoms with Gasteiger partial charge in [-0.15, -0.1) is 0 Å². The largest absolute Gasteiger partial charge is 0.494 e. The molecule has 3 radical (unpaired) electrons. The standard InChI is InChI=1S/C25H31O9Si4/c1-35-31-36(2)33-38(4,34-37(3)32-35)17-7-5-6-16-28-21-12-9-20(10-13-21)25(27)29-22-14-8-19-11-15-24(26)30-23(19)18-22/h8-15,18H,5-7,16-17H2,1-4H3. The first-order chi connectivity index (χ1) is 18.2. The van der Waals surface area contributed by atoms with Crippen LogP contribution in [0.4, 0.5) is 0 Å². The van der Waals surface area contributed by atoms with Crippen LogP contribution in [0.1, 0.15) is 29.6 Å². The summed E-state index contributed by atoms with van der Waals surface area (Å²) in [5.41, 5.74) is 0.290. The van der Waals surface area contributed by atoms with E-state index in [2.05, 4.69) is 6.55 Å². The summed E-state index contributed by atoms with van der Waals surface area (Å²) in [4.78, 5) is 24.0. The highest BCUT2D eigenvalue weighted by molar-refractivity contribution is 6.81. The Labute approximate surface area is 228 Å². The molecule has 0 spiro atoms. The van der Waals surface area contributed by atoms with Crippen LogP contribution in [0.25, 0.3) is 11.0 Å². The van der Waals surface area contributed by atoms with E-state index in [1.54, 1.807) is 42.5 Å². The fraction of sp³-hybridized carbons (Fsp3) is 0.360. The van der Waals surface area contributed by atoms with Gasteiger partial charge in [0.15, 0.2) is 0 Å². The molecule has 1 aliphatic heterocycles. The van der Waals surface area contributed by atoms with Gasteiger partial charge in [0.05, 0.1) is 12.2 Å². The Morgan fingerprint density at radius 1 is 0.842 bits per heavy atom. The highest BCUT2D eigenvalue weighted by Gasteiger charge is 2.40. The third kappa shape index (κ3) is 8.31. The molecule has 0 N–H and O–H groups in total. The molecule has 0 unspecified atom stereocenters.